The maximum Gasteiger partial charge on any atom is 0.255 e. The lowest BCUT2D eigenvalue weighted by molar-refractivity contribution is 0.0629. The number of hydrogen-bond donors (Lipinski definition) is 1. The molecule has 0 fully saturated rings. The van der Waals surface area contributed by atoms with E-state index in [1.165, 1.54) is 12.3 Å². The van der Waals surface area contributed by atoms with Gasteiger partial charge >= 0.3 is 0 Å². The van der Waals surface area contributed by atoms with E-state index in [4.69, 9.17) is 17.3 Å². The molecule has 0 bridgehead atoms. The molecule has 0 aliphatic rings. The Bertz CT molecular complexity index is 454. The zero-order chi connectivity index (χ0) is 14.1. The first-order valence-electron chi connectivity index (χ1n) is 5.82. The summed E-state index contributed by atoms with van der Waals surface area (Å²) in [5, 5.41) is 0.321. The number of amides is 1. The third-order valence-electron chi connectivity index (χ3n) is 3.26. The summed E-state index contributed by atoms with van der Waals surface area (Å²) in [4.78, 5) is 17.9. The number of rotatable bonds is 2. The Morgan fingerprint density at radius 3 is 2.56 bits per heavy atom. The first kappa shape index (κ1) is 14.8. The number of nitrogens with zero attached hydrogens (tertiary/aromatic N) is 2. The van der Waals surface area contributed by atoms with Gasteiger partial charge in [-0.1, -0.05) is 32.4 Å². The number of anilines is 1. The quantitative estimate of drug-likeness (QED) is 0.898. The predicted octanol–water partition coefficient (Wildman–Crippen LogP) is 2.82. The molecule has 4 nitrogen and oxygen atoms in total. The second kappa shape index (κ2) is 5.14. The summed E-state index contributed by atoms with van der Waals surface area (Å²) in [5.41, 5.74) is 5.97. The first-order valence-corrected chi connectivity index (χ1v) is 6.20. The van der Waals surface area contributed by atoms with E-state index in [-0.39, 0.29) is 17.4 Å². The molecule has 0 aliphatic heterocycles. The SMILES string of the molecule is CC(N(C)C(=O)c1cc(N)ncc1Cl)C(C)(C)C. The van der Waals surface area contributed by atoms with Gasteiger partial charge in [0.25, 0.3) is 5.91 Å². The average Bonchev–Trinajstić information content (AvgIpc) is 2.28. The van der Waals surface area contributed by atoms with Gasteiger partial charge < -0.3 is 10.6 Å². The molecule has 1 aromatic heterocycles. The molecule has 0 spiro atoms. The molecule has 0 saturated carbocycles. The summed E-state index contributed by atoms with van der Waals surface area (Å²) in [6.45, 7) is 8.27. The molecular weight excluding hydrogens is 250 g/mol. The minimum atomic E-state index is -0.142. The van der Waals surface area contributed by atoms with Crippen molar-refractivity contribution < 1.29 is 4.79 Å². The lowest BCUT2D eigenvalue weighted by Gasteiger charge is -2.35. The normalized spacial score (nSPS) is 13.2. The van der Waals surface area contributed by atoms with Gasteiger partial charge in [0.15, 0.2) is 0 Å². The number of pyridine rings is 1. The van der Waals surface area contributed by atoms with E-state index in [0.29, 0.717) is 16.4 Å². The molecule has 1 amide bonds. The second-order valence-electron chi connectivity index (χ2n) is 5.55. The summed E-state index contributed by atoms with van der Waals surface area (Å²) >= 11 is 5.99. The molecule has 100 valence electrons. The van der Waals surface area contributed by atoms with Gasteiger partial charge in [-0.3, -0.25) is 4.79 Å². The van der Waals surface area contributed by atoms with Crippen molar-refractivity contribution >= 4 is 23.3 Å². The zero-order valence-corrected chi connectivity index (χ0v) is 12.2. The van der Waals surface area contributed by atoms with Crippen LogP contribution in [0.15, 0.2) is 12.3 Å². The lowest BCUT2D eigenvalue weighted by atomic mass is 9.87. The molecule has 0 aromatic carbocycles. The topological polar surface area (TPSA) is 59.2 Å². The second-order valence-corrected chi connectivity index (χ2v) is 5.95. The van der Waals surface area contributed by atoms with E-state index in [1.54, 1.807) is 11.9 Å². The Labute approximate surface area is 113 Å². The van der Waals surface area contributed by atoms with Gasteiger partial charge in [0.1, 0.15) is 5.82 Å². The summed E-state index contributed by atoms with van der Waals surface area (Å²) in [6.07, 6.45) is 1.40. The minimum Gasteiger partial charge on any atom is -0.384 e. The van der Waals surface area contributed by atoms with Crippen LogP contribution in [0.5, 0.6) is 0 Å². The van der Waals surface area contributed by atoms with Crippen molar-refractivity contribution in [3.05, 3.63) is 22.8 Å². The van der Waals surface area contributed by atoms with Gasteiger partial charge in [-0.2, -0.15) is 0 Å². The van der Waals surface area contributed by atoms with Gasteiger partial charge in [-0.25, -0.2) is 4.98 Å². The molecule has 2 N–H and O–H groups in total. The molecule has 0 aliphatic carbocycles. The smallest absolute Gasteiger partial charge is 0.255 e. The van der Waals surface area contributed by atoms with Crippen molar-refractivity contribution in [2.24, 2.45) is 5.41 Å². The fourth-order valence-electron chi connectivity index (χ4n) is 1.57. The van der Waals surface area contributed by atoms with Crippen molar-refractivity contribution in [1.29, 1.82) is 0 Å². The minimum absolute atomic E-state index is 0.00450. The van der Waals surface area contributed by atoms with Crippen molar-refractivity contribution in [1.82, 2.24) is 9.88 Å². The van der Waals surface area contributed by atoms with Crippen molar-refractivity contribution in [3.8, 4) is 0 Å². The largest absolute Gasteiger partial charge is 0.384 e. The Kier molecular flexibility index (Phi) is 4.22. The zero-order valence-electron chi connectivity index (χ0n) is 11.5. The van der Waals surface area contributed by atoms with Gasteiger partial charge in [-0.05, 0) is 18.4 Å². The van der Waals surface area contributed by atoms with Gasteiger partial charge in [0, 0.05) is 19.3 Å². The van der Waals surface area contributed by atoms with Crippen LogP contribution >= 0.6 is 11.6 Å². The third-order valence-corrected chi connectivity index (χ3v) is 3.56. The maximum atomic E-state index is 12.4. The van der Waals surface area contributed by atoms with Gasteiger partial charge in [0.05, 0.1) is 10.6 Å². The monoisotopic (exact) mass is 269 g/mol. The molecule has 0 saturated heterocycles. The van der Waals surface area contributed by atoms with Crippen LogP contribution in [0, 0.1) is 5.41 Å². The van der Waals surface area contributed by atoms with Crippen LogP contribution in [-0.4, -0.2) is 28.9 Å². The molecule has 1 rings (SSSR count). The van der Waals surface area contributed by atoms with Crippen LogP contribution in [0.3, 0.4) is 0 Å². The van der Waals surface area contributed by atoms with Crippen molar-refractivity contribution in [3.63, 3.8) is 0 Å². The summed E-state index contributed by atoms with van der Waals surface area (Å²) in [7, 11) is 1.77. The van der Waals surface area contributed by atoms with Crippen LogP contribution in [0.4, 0.5) is 5.82 Å². The Morgan fingerprint density at radius 2 is 2.06 bits per heavy atom. The Balaban J connectivity index is 3.04. The molecule has 1 unspecified atom stereocenters. The summed E-state index contributed by atoms with van der Waals surface area (Å²) < 4.78 is 0. The van der Waals surface area contributed by atoms with Crippen LogP contribution < -0.4 is 5.73 Å². The highest BCUT2D eigenvalue weighted by atomic mass is 35.5. The highest BCUT2D eigenvalue weighted by Gasteiger charge is 2.28. The standard InChI is InChI=1S/C13H20ClN3O/c1-8(13(2,3)4)17(5)12(18)9-6-11(15)16-7-10(9)14/h6-8H,1-5H3,(H2,15,16). The number of halogens is 1. The molecule has 18 heavy (non-hydrogen) atoms. The number of carbonyl (C=O) groups excluding carboxylic acids is 1. The lowest BCUT2D eigenvalue weighted by Crippen LogP contribution is -2.43. The average molecular weight is 270 g/mol. The maximum absolute atomic E-state index is 12.4. The van der Waals surface area contributed by atoms with Crippen molar-refractivity contribution in [2.45, 2.75) is 33.7 Å². The third kappa shape index (κ3) is 3.13. The summed E-state index contributed by atoms with van der Waals surface area (Å²) in [5.74, 6) is 0.149. The van der Waals surface area contributed by atoms with E-state index in [2.05, 4.69) is 25.8 Å². The highest BCUT2D eigenvalue weighted by Crippen LogP contribution is 2.26. The number of nitrogen functional groups attached to an aromatic ring is 1. The van der Waals surface area contributed by atoms with Crippen LogP contribution in [0.25, 0.3) is 0 Å². The fraction of sp³-hybridized carbons (Fsp3) is 0.538. The molecule has 0 radical (unpaired) electrons. The van der Waals surface area contributed by atoms with Crippen LogP contribution in [0.2, 0.25) is 5.02 Å². The van der Waals surface area contributed by atoms with E-state index in [9.17, 15) is 4.79 Å². The number of aromatic nitrogens is 1. The molecular formula is C13H20ClN3O. The molecule has 1 heterocycles. The van der Waals surface area contributed by atoms with Gasteiger partial charge in [-0.15, -0.1) is 0 Å². The Morgan fingerprint density at radius 1 is 1.50 bits per heavy atom. The Hall–Kier alpha value is -1.29. The fourth-order valence-corrected chi connectivity index (χ4v) is 1.75. The first-order chi connectivity index (χ1) is 8.14. The molecule has 1 atom stereocenters. The van der Waals surface area contributed by atoms with Crippen molar-refractivity contribution in [2.75, 3.05) is 12.8 Å². The van der Waals surface area contributed by atoms with Gasteiger partial charge in [0.2, 0.25) is 0 Å². The van der Waals surface area contributed by atoms with Crippen LogP contribution in [0.1, 0.15) is 38.1 Å². The van der Waals surface area contributed by atoms with E-state index in [1.807, 2.05) is 6.92 Å². The number of hydrogen-bond acceptors (Lipinski definition) is 3. The summed E-state index contributed by atoms with van der Waals surface area (Å²) in [6, 6.07) is 1.59. The molecule has 5 heteroatoms. The number of nitrogens with two attached hydrogens (primary N) is 1. The van der Waals surface area contributed by atoms with E-state index >= 15 is 0 Å². The molecule has 1 aromatic rings. The van der Waals surface area contributed by atoms with E-state index in [0.717, 1.165) is 0 Å². The predicted molar refractivity (Wildman–Crippen MR) is 74.7 cm³/mol. The van der Waals surface area contributed by atoms with Crippen LogP contribution in [-0.2, 0) is 0 Å². The number of carbonyl (C=O) groups is 1. The highest BCUT2D eigenvalue weighted by molar-refractivity contribution is 6.33. The van der Waals surface area contributed by atoms with E-state index < -0.39 is 0 Å².